The highest BCUT2D eigenvalue weighted by atomic mass is 14.2. The third-order valence-electron chi connectivity index (χ3n) is 4.75. The summed E-state index contributed by atoms with van der Waals surface area (Å²) in [6, 6.07) is 0. The van der Waals surface area contributed by atoms with Crippen LogP contribution in [0.5, 0.6) is 0 Å². The Labute approximate surface area is 129 Å². The van der Waals surface area contributed by atoms with Crippen LogP contribution in [-0.2, 0) is 0 Å². The van der Waals surface area contributed by atoms with E-state index in [0.29, 0.717) is 0 Å². The van der Waals surface area contributed by atoms with Gasteiger partial charge in [0.2, 0.25) is 0 Å². The molecule has 0 aromatic heterocycles. The van der Waals surface area contributed by atoms with Crippen molar-refractivity contribution in [3.63, 3.8) is 0 Å². The number of rotatable bonds is 11. The van der Waals surface area contributed by atoms with Gasteiger partial charge in [0.1, 0.15) is 0 Å². The summed E-state index contributed by atoms with van der Waals surface area (Å²) in [6.07, 6.45) is 11.9. The minimum atomic E-state index is 0.834. The molecule has 120 valence electrons. The van der Waals surface area contributed by atoms with Gasteiger partial charge < -0.3 is 0 Å². The Kier molecular flexibility index (Phi) is 11.3. The third-order valence-corrected chi connectivity index (χ3v) is 4.75. The standard InChI is InChI=1S/C20H40/c1-8-9-10-18(5)15-20(7)19(6)14-13-17(4)12-11-16(2)3/h10,16-17,19-20H,8-9,11-15H2,1-7H3. The Balaban J connectivity index is 3.92. The topological polar surface area (TPSA) is 0 Å². The molecule has 20 heavy (non-hydrogen) atoms. The Morgan fingerprint density at radius 1 is 0.850 bits per heavy atom. The van der Waals surface area contributed by atoms with Gasteiger partial charge >= 0.3 is 0 Å². The predicted molar refractivity (Wildman–Crippen MR) is 94.1 cm³/mol. The van der Waals surface area contributed by atoms with E-state index in [1.807, 2.05) is 0 Å². The highest BCUT2D eigenvalue weighted by Gasteiger charge is 2.14. The molecule has 0 heteroatoms. The summed E-state index contributed by atoms with van der Waals surface area (Å²) in [5.41, 5.74) is 1.60. The molecule has 0 aromatic rings. The molecule has 3 unspecified atom stereocenters. The second kappa shape index (κ2) is 11.4. The van der Waals surface area contributed by atoms with Gasteiger partial charge in [-0.05, 0) is 43.4 Å². The predicted octanol–water partition coefficient (Wildman–Crippen LogP) is 7.25. The molecule has 0 saturated heterocycles. The van der Waals surface area contributed by atoms with Crippen molar-refractivity contribution in [3.05, 3.63) is 11.6 Å². The normalized spacial score (nSPS) is 17.3. The molecule has 0 spiro atoms. The Bertz CT molecular complexity index is 249. The largest absolute Gasteiger partial charge is 0.0856 e. The zero-order valence-electron chi connectivity index (χ0n) is 15.3. The zero-order chi connectivity index (χ0) is 15.5. The van der Waals surface area contributed by atoms with Crippen molar-refractivity contribution in [2.24, 2.45) is 23.7 Å². The highest BCUT2D eigenvalue weighted by Crippen LogP contribution is 2.27. The number of allylic oxidation sites excluding steroid dienone is 2. The van der Waals surface area contributed by atoms with Gasteiger partial charge in [0.25, 0.3) is 0 Å². The van der Waals surface area contributed by atoms with E-state index < -0.39 is 0 Å². The molecule has 0 aromatic carbocycles. The van der Waals surface area contributed by atoms with E-state index in [2.05, 4.69) is 54.5 Å². The molecule has 0 aliphatic carbocycles. The van der Waals surface area contributed by atoms with E-state index in [0.717, 1.165) is 23.7 Å². The number of hydrogen-bond donors (Lipinski definition) is 0. The quantitative estimate of drug-likeness (QED) is 0.350. The molecule has 0 aliphatic heterocycles. The van der Waals surface area contributed by atoms with Crippen molar-refractivity contribution in [2.45, 2.75) is 93.4 Å². The molecule has 3 atom stereocenters. The van der Waals surface area contributed by atoms with Crippen LogP contribution in [0.1, 0.15) is 93.4 Å². The maximum absolute atomic E-state index is 2.45. The van der Waals surface area contributed by atoms with Gasteiger partial charge in [-0.2, -0.15) is 0 Å². The van der Waals surface area contributed by atoms with Crippen LogP contribution < -0.4 is 0 Å². The second-order valence-corrected chi connectivity index (χ2v) is 7.65. The maximum atomic E-state index is 2.45. The van der Waals surface area contributed by atoms with E-state index in [4.69, 9.17) is 0 Å². The summed E-state index contributed by atoms with van der Waals surface area (Å²) >= 11 is 0. The minimum Gasteiger partial charge on any atom is -0.0856 e. The summed E-state index contributed by atoms with van der Waals surface area (Å²) in [5.74, 6) is 3.46. The van der Waals surface area contributed by atoms with Gasteiger partial charge in [-0.3, -0.25) is 0 Å². The lowest BCUT2D eigenvalue weighted by Gasteiger charge is -2.22. The van der Waals surface area contributed by atoms with Gasteiger partial charge in [0.05, 0.1) is 0 Å². The summed E-state index contributed by atoms with van der Waals surface area (Å²) in [5, 5.41) is 0. The highest BCUT2D eigenvalue weighted by molar-refractivity contribution is 4.99. The fourth-order valence-corrected chi connectivity index (χ4v) is 2.78. The zero-order valence-corrected chi connectivity index (χ0v) is 15.3. The molecule has 0 N–H and O–H groups in total. The first-order chi connectivity index (χ1) is 9.36. The van der Waals surface area contributed by atoms with Crippen LogP contribution in [0.15, 0.2) is 11.6 Å². The molecule has 0 bridgehead atoms. The smallest absolute Gasteiger partial charge is 0.0295 e. The van der Waals surface area contributed by atoms with E-state index in [-0.39, 0.29) is 0 Å². The lowest BCUT2D eigenvalue weighted by molar-refractivity contribution is 0.316. The van der Waals surface area contributed by atoms with Crippen LogP contribution in [0.25, 0.3) is 0 Å². The van der Waals surface area contributed by atoms with Crippen LogP contribution in [0.4, 0.5) is 0 Å². The van der Waals surface area contributed by atoms with Crippen molar-refractivity contribution >= 4 is 0 Å². The first-order valence-corrected chi connectivity index (χ1v) is 9.02. The lowest BCUT2D eigenvalue weighted by atomic mass is 9.84. The second-order valence-electron chi connectivity index (χ2n) is 7.65. The van der Waals surface area contributed by atoms with E-state index in [9.17, 15) is 0 Å². The lowest BCUT2D eigenvalue weighted by Crippen LogP contribution is -2.10. The summed E-state index contributed by atoms with van der Waals surface area (Å²) in [4.78, 5) is 0. The van der Waals surface area contributed by atoms with Crippen molar-refractivity contribution in [2.75, 3.05) is 0 Å². The molecular weight excluding hydrogens is 240 g/mol. The Morgan fingerprint density at radius 2 is 1.45 bits per heavy atom. The first-order valence-electron chi connectivity index (χ1n) is 9.02. The summed E-state index contributed by atoms with van der Waals surface area (Å²) in [7, 11) is 0. The molecule has 0 aliphatic rings. The van der Waals surface area contributed by atoms with Crippen LogP contribution in [0.2, 0.25) is 0 Å². The van der Waals surface area contributed by atoms with Crippen molar-refractivity contribution in [1.29, 1.82) is 0 Å². The summed E-state index contributed by atoms with van der Waals surface area (Å²) in [6.45, 7) is 16.6. The Hall–Kier alpha value is -0.260. The molecule has 0 saturated carbocycles. The molecule has 0 fully saturated rings. The average Bonchev–Trinajstić information content (AvgIpc) is 2.39. The van der Waals surface area contributed by atoms with Crippen LogP contribution in [0.3, 0.4) is 0 Å². The van der Waals surface area contributed by atoms with Gasteiger partial charge in [-0.25, -0.2) is 0 Å². The van der Waals surface area contributed by atoms with E-state index in [1.165, 1.54) is 44.9 Å². The molecular formula is C20H40. The fourth-order valence-electron chi connectivity index (χ4n) is 2.78. The third kappa shape index (κ3) is 10.5. The first kappa shape index (κ1) is 19.7. The van der Waals surface area contributed by atoms with Crippen LogP contribution in [-0.4, -0.2) is 0 Å². The molecule has 0 rings (SSSR count). The SMILES string of the molecule is CCCC=C(C)CC(C)C(C)CCC(C)CCC(C)C. The van der Waals surface area contributed by atoms with Gasteiger partial charge in [0, 0.05) is 0 Å². The minimum absolute atomic E-state index is 0.834. The van der Waals surface area contributed by atoms with E-state index >= 15 is 0 Å². The molecule has 0 nitrogen and oxygen atoms in total. The summed E-state index contributed by atoms with van der Waals surface area (Å²) < 4.78 is 0. The van der Waals surface area contributed by atoms with Crippen LogP contribution in [0, 0.1) is 23.7 Å². The van der Waals surface area contributed by atoms with Gasteiger partial charge in [-0.1, -0.05) is 85.3 Å². The van der Waals surface area contributed by atoms with Crippen molar-refractivity contribution in [3.8, 4) is 0 Å². The van der Waals surface area contributed by atoms with Crippen molar-refractivity contribution in [1.82, 2.24) is 0 Å². The average molecular weight is 281 g/mol. The molecule has 0 heterocycles. The van der Waals surface area contributed by atoms with Crippen molar-refractivity contribution < 1.29 is 0 Å². The fraction of sp³-hybridized carbons (Fsp3) is 0.900. The van der Waals surface area contributed by atoms with Gasteiger partial charge in [0.15, 0.2) is 0 Å². The number of hydrogen-bond acceptors (Lipinski definition) is 0. The maximum Gasteiger partial charge on any atom is -0.0295 e. The molecule has 0 amide bonds. The number of unbranched alkanes of at least 4 members (excludes halogenated alkanes) is 1. The molecule has 0 radical (unpaired) electrons. The van der Waals surface area contributed by atoms with E-state index in [1.54, 1.807) is 5.57 Å². The Morgan fingerprint density at radius 3 is 2.00 bits per heavy atom. The van der Waals surface area contributed by atoms with Gasteiger partial charge in [-0.15, -0.1) is 0 Å². The monoisotopic (exact) mass is 280 g/mol. The van der Waals surface area contributed by atoms with Crippen LogP contribution >= 0.6 is 0 Å².